The monoisotopic (exact) mass is 450 g/mol. The summed E-state index contributed by atoms with van der Waals surface area (Å²) in [7, 11) is 0. The number of thiazole rings is 1. The highest BCUT2D eigenvalue weighted by molar-refractivity contribution is 7.14. The average Bonchev–Trinajstić information content (AvgIpc) is 3.21. The molecule has 1 fully saturated rings. The Hall–Kier alpha value is -2.39. The molecule has 9 heteroatoms. The van der Waals surface area contributed by atoms with Gasteiger partial charge < -0.3 is 10.6 Å². The van der Waals surface area contributed by atoms with Crippen LogP contribution in [0.5, 0.6) is 0 Å². The van der Waals surface area contributed by atoms with E-state index in [2.05, 4.69) is 20.5 Å². The number of anilines is 1. The number of carbonyl (C=O) groups is 2. The first-order chi connectivity index (χ1) is 14.7. The van der Waals surface area contributed by atoms with Gasteiger partial charge in [0.2, 0.25) is 11.8 Å². The Morgan fingerprint density at radius 3 is 2.71 bits per heavy atom. The molecule has 2 atom stereocenters. The van der Waals surface area contributed by atoms with Crippen LogP contribution in [0.15, 0.2) is 23.6 Å². The molecule has 31 heavy (non-hydrogen) atoms. The van der Waals surface area contributed by atoms with E-state index >= 15 is 0 Å². The van der Waals surface area contributed by atoms with Gasteiger partial charge in [-0.05, 0) is 50.4 Å². The molecule has 2 heterocycles. The number of benzene rings is 1. The molecule has 168 valence electrons. The number of nitrogens with zero attached hydrogens (tertiary/aromatic N) is 2. The Balaban J connectivity index is 1.56. The second-order valence-corrected chi connectivity index (χ2v) is 9.09. The number of piperidine rings is 1. The highest BCUT2D eigenvalue weighted by atomic mass is 32.1. The van der Waals surface area contributed by atoms with Crippen molar-refractivity contribution in [3.63, 3.8) is 0 Å². The number of aromatic nitrogens is 1. The predicted molar refractivity (Wildman–Crippen MR) is 118 cm³/mol. The second kappa shape index (κ2) is 10.3. The molecule has 0 aliphatic carbocycles. The van der Waals surface area contributed by atoms with Gasteiger partial charge in [0, 0.05) is 30.0 Å². The lowest BCUT2D eigenvalue weighted by Gasteiger charge is -2.36. The van der Waals surface area contributed by atoms with Crippen molar-refractivity contribution < 1.29 is 18.4 Å². The van der Waals surface area contributed by atoms with Crippen molar-refractivity contribution in [1.29, 1.82) is 0 Å². The van der Waals surface area contributed by atoms with Gasteiger partial charge in [0.25, 0.3) is 0 Å². The van der Waals surface area contributed by atoms with Gasteiger partial charge in [-0.3, -0.25) is 14.5 Å². The van der Waals surface area contributed by atoms with Crippen molar-refractivity contribution in [2.24, 2.45) is 11.8 Å². The Labute approximate surface area is 185 Å². The fraction of sp³-hybridized carbons (Fsp3) is 0.500. The molecule has 3 rings (SSSR count). The summed E-state index contributed by atoms with van der Waals surface area (Å²) in [4.78, 5) is 31.0. The van der Waals surface area contributed by atoms with Crippen LogP contribution in [0, 0.1) is 23.5 Å². The molecule has 2 unspecified atom stereocenters. The topological polar surface area (TPSA) is 74.3 Å². The normalized spacial score (nSPS) is 18.1. The van der Waals surface area contributed by atoms with Gasteiger partial charge in [-0.15, -0.1) is 11.3 Å². The van der Waals surface area contributed by atoms with Crippen LogP contribution in [0.4, 0.5) is 13.9 Å². The quantitative estimate of drug-likeness (QED) is 0.671. The van der Waals surface area contributed by atoms with Gasteiger partial charge >= 0.3 is 0 Å². The molecule has 0 saturated carbocycles. The highest BCUT2D eigenvalue weighted by Crippen LogP contribution is 2.26. The van der Waals surface area contributed by atoms with Crippen LogP contribution in [0.3, 0.4) is 0 Å². The van der Waals surface area contributed by atoms with Gasteiger partial charge in [-0.25, -0.2) is 13.8 Å². The lowest BCUT2D eigenvalue weighted by atomic mass is 9.96. The van der Waals surface area contributed by atoms with Crippen LogP contribution in [0.25, 0.3) is 11.3 Å². The SMILES string of the molecule is CC(C)C(=O)NCC1CCCN(C(C)C(=O)Nc2nc(-c3ccc(F)c(F)c3)cs2)C1. The summed E-state index contributed by atoms with van der Waals surface area (Å²) in [6.07, 6.45) is 1.99. The number of nitrogens with one attached hydrogen (secondary N) is 2. The van der Waals surface area contributed by atoms with Gasteiger partial charge in [-0.2, -0.15) is 0 Å². The molecule has 1 aromatic heterocycles. The van der Waals surface area contributed by atoms with Crippen LogP contribution in [-0.2, 0) is 9.59 Å². The lowest BCUT2D eigenvalue weighted by Crippen LogP contribution is -2.49. The van der Waals surface area contributed by atoms with Crippen molar-refractivity contribution in [2.45, 2.75) is 39.7 Å². The van der Waals surface area contributed by atoms with E-state index in [1.54, 1.807) is 5.38 Å². The zero-order chi connectivity index (χ0) is 22.5. The molecule has 1 saturated heterocycles. The Bertz CT molecular complexity index is 934. The van der Waals surface area contributed by atoms with Crippen molar-refractivity contribution >= 4 is 28.3 Å². The van der Waals surface area contributed by atoms with Crippen LogP contribution in [0.2, 0.25) is 0 Å². The van der Waals surface area contributed by atoms with Crippen LogP contribution in [-0.4, -0.2) is 47.4 Å². The largest absolute Gasteiger partial charge is 0.356 e. The van der Waals surface area contributed by atoms with Crippen molar-refractivity contribution in [1.82, 2.24) is 15.2 Å². The maximum Gasteiger partial charge on any atom is 0.243 e. The van der Waals surface area contributed by atoms with E-state index < -0.39 is 11.6 Å². The van der Waals surface area contributed by atoms with E-state index in [1.807, 2.05) is 20.8 Å². The third kappa shape index (κ3) is 6.07. The van der Waals surface area contributed by atoms with Gasteiger partial charge in [0.1, 0.15) is 0 Å². The smallest absolute Gasteiger partial charge is 0.243 e. The molecule has 1 aliphatic rings. The first-order valence-corrected chi connectivity index (χ1v) is 11.4. The van der Waals surface area contributed by atoms with Crippen LogP contribution >= 0.6 is 11.3 Å². The molecule has 1 aromatic carbocycles. The summed E-state index contributed by atoms with van der Waals surface area (Å²) in [5, 5.41) is 7.91. The van der Waals surface area contributed by atoms with E-state index in [9.17, 15) is 18.4 Å². The number of rotatable bonds is 7. The molecular weight excluding hydrogens is 422 g/mol. The minimum atomic E-state index is -0.936. The van der Waals surface area contributed by atoms with Crippen molar-refractivity contribution in [2.75, 3.05) is 25.0 Å². The molecule has 2 amide bonds. The highest BCUT2D eigenvalue weighted by Gasteiger charge is 2.28. The Morgan fingerprint density at radius 2 is 2.00 bits per heavy atom. The van der Waals surface area contributed by atoms with Crippen molar-refractivity contribution in [3.8, 4) is 11.3 Å². The summed E-state index contributed by atoms with van der Waals surface area (Å²) >= 11 is 1.24. The number of halogens is 2. The molecule has 2 N–H and O–H groups in total. The summed E-state index contributed by atoms with van der Waals surface area (Å²) in [6.45, 7) is 7.77. The zero-order valence-electron chi connectivity index (χ0n) is 18.0. The zero-order valence-corrected chi connectivity index (χ0v) is 18.8. The fourth-order valence-corrected chi connectivity index (χ4v) is 4.28. The molecule has 0 bridgehead atoms. The third-order valence-corrected chi connectivity index (χ3v) is 6.27. The maximum absolute atomic E-state index is 13.5. The minimum absolute atomic E-state index is 0.0426. The summed E-state index contributed by atoms with van der Waals surface area (Å²) < 4.78 is 26.6. The maximum atomic E-state index is 13.5. The fourth-order valence-electron chi connectivity index (χ4n) is 3.56. The number of likely N-dealkylation sites (tertiary alicyclic amines) is 1. The molecule has 6 nitrogen and oxygen atoms in total. The minimum Gasteiger partial charge on any atom is -0.356 e. The number of hydrogen-bond donors (Lipinski definition) is 2. The molecule has 0 radical (unpaired) electrons. The number of amides is 2. The lowest BCUT2D eigenvalue weighted by molar-refractivity contribution is -0.125. The van der Waals surface area contributed by atoms with E-state index in [4.69, 9.17) is 0 Å². The van der Waals surface area contributed by atoms with E-state index in [-0.39, 0.29) is 23.8 Å². The van der Waals surface area contributed by atoms with E-state index in [0.717, 1.165) is 38.1 Å². The number of carbonyl (C=O) groups excluding carboxylic acids is 2. The third-order valence-electron chi connectivity index (χ3n) is 5.52. The first kappa shape index (κ1) is 23.3. The molecule has 2 aromatic rings. The Morgan fingerprint density at radius 1 is 1.23 bits per heavy atom. The van der Waals surface area contributed by atoms with Gasteiger partial charge in [0.15, 0.2) is 16.8 Å². The van der Waals surface area contributed by atoms with Gasteiger partial charge in [0.05, 0.1) is 11.7 Å². The molecular formula is C22H28F2N4O2S. The van der Waals surface area contributed by atoms with Gasteiger partial charge in [-0.1, -0.05) is 13.8 Å². The van der Waals surface area contributed by atoms with Crippen molar-refractivity contribution in [3.05, 3.63) is 35.2 Å². The summed E-state index contributed by atoms with van der Waals surface area (Å²) in [5.41, 5.74) is 0.928. The van der Waals surface area contributed by atoms with Crippen LogP contribution in [0.1, 0.15) is 33.6 Å². The van der Waals surface area contributed by atoms with E-state index in [0.29, 0.717) is 28.9 Å². The average molecular weight is 451 g/mol. The number of hydrogen-bond acceptors (Lipinski definition) is 5. The molecule has 0 spiro atoms. The summed E-state index contributed by atoms with van der Waals surface area (Å²) in [5.74, 6) is -1.70. The second-order valence-electron chi connectivity index (χ2n) is 8.24. The summed E-state index contributed by atoms with van der Waals surface area (Å²) in [6, 6.07) is 3.25. The van der Waals surface area contributed by atoms with E-state index in [1.165, 1.54) is 17.4 Å². The predicted octanol–water partition coefficient (Wildman–Crippen LogP) is 3.90. The molecule has 1 aliphatic heterocycles. The van der Waals surface area contributed by atoms with Crippen LogP contribution < -0.4 is 10.6 Å². The first-order valence-electron chi connectivity index (χ1n) is 10.5. The Kier molecular flexibility index (Phi) is 7.72. The standard InChI is InChI=1S/C22H28F2N4O2S/c1-13(2)20(29)25-10-15-5-4-8-28(11-15)14(3)21(30)27-22-26-19(12-31-22)16-6-7-17(23)18(24)9-16/h6-7,9,12-15H,4-5,8,10-11H2,1-3H3,(H,25,29)(H,26,27,30).